The van der Waals surface area contributed by atoms with Crippen molar-refractivity contribution in [1.82, 2.24) is 4.72 Å². The number of rotatable bonds is 5. The number of benzene rings is 1. The van der Waals surface area contributed by atoms with Crippen LogP contribution in [0.3, 0.4) is 0 Å². The molecule has 1 rings (SSSR count). The molecule has 0 saturated carbocycles. The molecule has 1 aromatic rings. The maximum absolute atomic E-state index is 12.1. The Morgan fingerprint density at radius 2 is 1.89 bits per heavy atom. The summed E-state index contributed by atoms with van der Waals surface area (Å²) in [5, 5.41) is 0.233. The molecule has 0 aromatic heterocycles. The van der Waals surface area contributed by atoms with Gasteiger partial charge in [-0.25, -0.2) is 13.1 Å². The van der Waals surface area contributed by atoms with Crippen molar-refractivity contribution in [3.8, 4) is 0 Å². The molecule has 0 bridgehead atoms. The summed E-state index contributed by atoms with van der Waals surface area (Å²) in [5.74, 6) is 0. The lowest BCUT2D eigenvalue weighted by Crippen LogP contribution is -2.31. The van der Waals surface area contributed by atoms with E-state index in [-0.39, 0.29) is 20.2 Å². The second-order valence-electron chi connectivity index (χ2n) is 5.64. The van der Waals surface area contributed by atoms with Gasteiger partial charge in [-0.2, -0.15) is 0 Å². The zero-order valence-corrected chi connectivity index (χ0v) is 14.4. The first-order chi connectivity index (χ1) is 8.62. The maximum Gasteiger partial charge on any atom is 0.242 e. The third kappa shape index (κ3) is 5.81. The second kappa shape index (κ2) is 6.57. The third-order valence-electron chi connectivity index (χ3n) is 2.45. The van der Waals surface area contributed by atoms with E-state index in [0.29, 0.717) is 6.54 Å². The zero-order chi connectivity index (χ0) is 14.7. The van der Waals surface area contributed by atoms with Gasteiger partial charge in [0.25, 0.3) is 0 Å². The van der Waals surface area contributed by atoms with E-state index in [9.17, 15) is 8.42 Å². The standard InChI is InChI=1S/C13H19BrClNO2S/c1-13(2,3)8-10(14)9-16-19(17,18)12-7-5-4-6-11(12)15/h4-7,10,16H,8-9H2,1-3H3. The fraction of sp³-hybridized carbons (Fsp3) is 0.538. The summed E-state index contributed by atoms with van der Waals surface area (Å²) in [6, 6.07) is 6.42. The van der Waals surface area contributed by atoms with Crippen LogP contribution in [0.15, 0.2) is 29.2 Å². The molecule has 108 valence electrons. The van der Waals surface area contributed by atoms with Gasteiger partial charge in [0.1, 0.15) is 4.90 Å². The zero-order valence-electron chi connectivity index (χ0n) is 11.3. The molecule has 0 heterocycles. The van der Waals surface area contributed by atoms with Gasteiger partial charge in [-0.05, 0) is 24.0 Å². The number of hydrogen-bond donors (Lipinski definition) is 1. The Kier molecular flexibility index (Phi) is 5.86. The van der Waals surface area contributed by atoms with E-state index in [2.05, 4.69) is 41.4 Å². The van der Waals surface area contributed by atoms with Crippen molar-refractivity contribution in [3.05, 3.63) is 29.3 Å². The van der Waals surface area contributed by atoms with E-state index in [1.807, 2.05) is 0 Å². The highest BCUT2D eigenvalue weighted by atomic mass is 79.9. The summed E-state index contributed by atoms with van der Waals surface area (Å²) in [4.78, 5) is 0.205. The van der Waals surface area contributed by atoms with Crippen LogP contribution in [0.2, 0.25) is 5.02 Å². The molecular formula is C13H19BrClNO2S. The second-order valence-corrected chi connectivity index (χ2v) is 9.08. The summed E-state index contributed by atoms with van der Waals surface area (Å²) < 4.78 is 26.8. The van der Waals surface area contributed by atoms with Crippen molar-refractivity contribution in [2.24, 2.45) is 5.41 Å². The van der Waals surface area contributed by atoms with Crippen molar-refractivity contribution in [2.45, 2.75) is 36.9 Å². The van der Waals surface area contributed by atoms with Crippen LogP contribution in [0.1, 0.15) is 27.2 Å². The first-order valence-electron chi connectivity index (χ1n) is 6.00. The Morgan fingerprint density at radius 3 is 2.42 bits per heavy atom. The first-order valence-corrected chi connectivity index (χ1v) is 8.78. The molecule has 0 amide bonds. The van der Waals surface area contributed by atoms with Gasteiger partial charge in [0.05, 0.1) is 5.02 Å². The number of halogens is 2. The Bertz CT molecular complexity index is 526. The maximum atomic E-state index is 12.1. The van der Waals surface area contributed by atoms with E-state index < -0.39 is 10.0 Å². The molecule has 6 heteroatoms. The number of alkyl halides is 1. The van der Waals surface area contributed by atoms with Crippen LogP contribution in [-0.2, 0) is 10.0 Å². The van der Waals surface area contributed by atoms with E-state index in [4.69, 9.17) is 11.6 Å². The highest BCUT2D eigenvalue weighted by Gasteiger charge is 2.21. The van der Waals surface area contributed by atoms with Crippen LogP contribution < -0.4 is 4.72 Å². The predicted octanol–water partition coefficient (Wildman–Crippen LogP) is 3.82. The molecule has 0 aliphatic carbocycles. The average molecular weight is 369 g/mol. The van der Waals surface area contributed by atoms with Gasteiger partial charge in [0, 0.05) is 11.4 Å². The highest BCUT2D eigenvalue weighted by molar-refractivity contribution is 9.09. The SMILES string of the molecule is CC(C)(C)CC(Br)CNS(=O)(=O)c1ccccc1Cl. The van der Waals surface area contributed by atoms with E-state index >= 15 is 0 Å². The first kappa shape index (κ1) is 17.0. The predicted molar refractivity (Wildman–Crippen MR) is 83.4 cm³/mol. The number of nitrogens with one attached hydrogen (secondary N) is 1. The normalized spacial score (nSPS) is 14.4. The van der Waals surface area contributed by atoms with Gasteiger partial charge in [0.15, 0.2) is 0 Å². The smallest absolute Gasteiger partial charge is 0.210 e. The topological polar surface area (TPSA) is 46.2 Å². The Morgan fingerprint density at radius 1 is 1.32 bits per heavy atom. The summed E-state index contributed by atoms with van der Waals surface area (Å²) in [6.07, 6.45) is 0.873. The number of hydrogen-bond acceptors (Lipinski definition) is 2. The van der Waals surface area contributed by atoms with Gasteiger partial charge in [-0.15, -0.1) is 0 Å². The summed E-state index contributed by atoms with van der Waals surface area (Å²) in [6.45, 7) is 6.68. The quantitative estimate of drug-likeness (QED) is 0.803. The van der Waals surface area contributed by atoms with E-state index in [1.165, 1.54) is 6.07 Å². The van der Waals surface area contributed by atoms with Crippen LogP contribution >= 0.6 is 27.5 Å². The van der Waals surface area contributed by atoms with E-state index in [0.717, 1.165) is 6.42 Å². The minimum absolute atomic E-state index is 0.0877. The molecule has 1 N–H and O–H groups in total. The third-order valence-corrected chi connectivity index (χ3v) is 5.03. The molecule has 19 heavy (non-hydrogen) atoms. The average Bonchev–Trinajstić information content (AvgIpc) is 2.24. The Balaban J connectivity index is 2.70. The van der Waals surface area contributed by atoms with Gasteiger partial charge >= 0.3 is 0 Å². The summed E-state index contributed by atoms with van der Waals surface area (Å²) >= 11 is 9.40. The summed E-state index contributed by atoms with van der Waals surface area (Å²) in [5.41, 5.74) is 0.143. The van der Waals surface area contributed by atoms with Crippen LogP contribution in [-0.4, -0.2) is 19.8 Å². The minimum Gasteiger partial charge on any atom is -0.210 e. The van der Waals surface area contributed by atoms with Crippen molar-refractivity contribution in [2.75, 3.05) is 6.54 Å². The molecule has 0 aliphatic heterocycles. The Hall–Kier alpha value is -0.100. The minimum atomic E-state index is -3.55. The molecule has 0 fully saturated rings. The number of sulfonamides is 1. The lowest BCUT2D eigenvalue weighted by atomic mass is 9.91. The van der Waals surface area contributed by atoms with Crippen LogP contribution in [0, 0.1) is 5.41 Å². The van der Waals surface area contributed by atoms with Gasteiger partial charge < -0.3 is 0 Å². The lowest BCUT2D eigenvalue weighted by Gasteiger charge is -2.22. The fourth-order valence-electron chi connectivity index (χ4n) is 1.68. The molecule has 0 aliphatic rings. The molecule has 1 aromatic carbocycles. The van der Waals surface area contributed by atoms with Crippen molar-refractivity contribution in [1.29, 1.82) is 0 Å². The van der Waals surface area contributed by atoms with Crippen LogP contribution in [0.5, 0.6) is 0 Å². The molecule has 1 unspecified atom stereocenters. The van der Waals surface area contributed by atoms with Crippen molar-refractivity contribution in [3.63, 3.8) is 0 Å². The van der Waals surface area contributed by atoms with Crippen LogP contribution in [0.25, 0.3) is 0 Å². The lowest BCUT2D eigenvalue weighted by molar-refractivity contribution is 0.373. The van der Waals surface area contributed by atoms with E-state index in [1.54, 1.807) is 18.2 Å². The molecule has 1 atom stereocenters. The molecule has 0 radical (unpaired) electrons. The summed E-state index contributed by atoms with van der Waals surface area (Å²) in [7, 11) is -3.55. The van der Waals surface area contributed by atoms with Crippen LogP contribution in [0.4, 0.5) is 0 Å². The largest absolute Gasteiger partial charge is 0.242 e. The van der Waals surface area contributed by atoms with Gasteiger partial charge in [0.2, 0.25) is 10.0 Å². The molecule has 3 nitrogen and oxygen atoms in total. The Labute approximate surface area is 128 Å². The van der Waals surface area contributed by atoms with Crippen molar-refractivity contribution < 1.29 is 8.42 Å². The molecule has 0 spiro atoms. The molecule has 0 saturated heterocycles. The van der Waals surface area contributed by atoms with Gasteiger partial charge in [-0.1, -0.05) is 60.4 Å². The fourth-order valence-corrected chi connectivity index (χ4v) is 4.62. The van der Waals surface area contributed by atoms with Gasteiger partial charge in [-0.3, -0.25) is 0 Å². The highest BCUT2D eigenvalue weighted by Crippen LogP contribution is 2.25. The monoisotopic (exact) mass is 367 g/mol. The molecular weight excluding hydrogens is 350 g/mol. The van der Waals surface area contributed by atoms with Crippen molar-refractivity contribution >= 4 is 37.6 Å².